The Morgan fingerprint density at radius 1 is 1.43 bits per heavy atom. The number of carbonyl (C=O) groups excluding carboxylic acids is 1. The average Bonchev–Trinajstić information content (AvgIpc) is 2.88. The summed E-state index contributed by atoms with van der Waals surface area (Å²) in [7, 11) is 0. The number of hydrogen-bond donors (Lipinski definition) is 2. The SMILES string of the molecule is CC/C=C(N)\C=C/Cc1c(C(=O)OCC)cn2ncnc(N)c12. The van der Waals surface area contributed by atoms with Crippen molar-refractivity contribution in [3.8, 4) is 0 Å². The highest BCUT2D eigenvalue weighted by molar-refractivity contribution is 5.95. The van der Waals surface area contributed by atoms with Crippen LogP contribution in [0.15, 0.2) is 36.4 Å². The number of nitrogens with two attached hydrogens (primary N) is 2. The molecule has 0 aliphatic heterocycles. The second-order valence-electron chi connectivity index (χ2n) is 4.90. The predicted octanol–water partition coefficient (Wildman–Crippen LogP) is 1.84. The van der Waals surface area contributed by atoms with Gasteiger partial charge in [0.2, 0.25) is 0 Å². The number of carbonyl (C=O) groups is 1. The average molecular weight is 315 g/mol. The summed E-state index contributed by atoms with van der Waals surface area (Å²) in [6, 6.07) is 0. The third-order valence-corrected chi connectivity index (χ3v) is 3.27. The van der Waals surface area contributed by atoms with E-state index in [9.17, 15) is 4.79 Å². The van der Waals surface area contributed by atoms with Crippen LogP contribution in [0.3, 0.4) is 0 Å². The summed E-state index contributed by atoms with van der Waals surface area (Å²) >= 11 is 0. The van der Waals surface area contributed by atoms with Crippen molar-refractivity contribution >= 4 is 17.3 Å². The monoisotopic (exact) mass is 315 g/mol. The van der Waals surface area contributed by atoms with E-state index in [-0.39, 0.29) is 0 Å². The summed E-state index contributed by atoms with van der Waals surface area (Å²) in [4.78, 5) is 16.2. The standard InChI is InChI=1S/C16H21N5O2/c1-3-6-11(17)7-5-8-12-13(16(22)23-4-2)9-21-14(12)15(18)19-10-20-21/h5-7,9-10H,3-4,8,17H2,1-2H3,(H2,18,19,20)/b7-5-,11-6+. The fourth-order valence-corrected chi connectivity index (χ4v) is 2.31. The molecular weight excluding hydrogens is 294 g/mol. The number of nitrogen functional groups attached to an aromatic ring is 1. The lowest BCUT2D eigenvalue weighted by Crippen LogP contribution is -2.06. The summed E-state index contributed by atoms with van der Waals surface area (Å²) in [5, 5.41) is 4.10. The van der Waals surface area contributed by atoms with Crippen LogP contribution in [-0.4, -0.2) is 27.2 Å². The van der Waals surface area contributed by atoms with Crippen molar-refractivity contribution in [2.24, 2.45) is 5.73 Å². The van der Waals surface area contributed by atoms with E-state index >= 15 is 0 Å². The number of anilines is 1. The first kappa shape index (κ1) is 16.5. The molecule has 0 aliphatic rings. The molecule has 0 aromatic carbocycles. The fourth-order valence-electron chi connectivity index (χ4n) is 2.31. The number of rotatable bonds is 6. The molecule has 0 saturated heterocycles. The summed E-state index contributed by atoms with van der Waals surface area (Å²) in [6.45, 7) is 4.07. The normalized spacial score (nSPS) is 12.2. The van der Waals surface area contributed by atoms with Crippen molar-refractivity contribution in [1.29, 1.82) is 0 Å². The van der Waals surface area contributed by atoms with E-state index in [1.54, 1.807) is 17.6 Å². The Kier molecular flexibility index (Phi) is 5.35. The molecule has 0 unspecified atom stereocenters. The largest absolute Gasteiger partial charge is 0.462 e. The van der Waals surface area contributed by atoms with Gasteiger partial charge in [-0.3, -0.25) is 0 Å². The Morgan fingerprint density at radius 3 is 2.91 bits per heavy atom. The number of ether oxygens (including phenoxy) is 1. The van der Waals surface area contributed by atoms with E-state index in [1.165, 1.54) is 6.33 Å². The Morgan fingerprint density at radius 2 is 2.22 bits per heavy atom. The van der Waals surface area contributed by atoms with Gasteiger partial charge >= 0.3 is 5.97 Å². The van der Waals surface area contributed by atoms with Gasteiger partial charge in [-0.15, -0.1) is 0 Å². The second-order valence-corrected chi connectivity index (χ2v) is 4.90. The van der Waals surface area contributed by atoms with Gasteiger partial charge in [0.1, 0.15) is 11.8 Å². The molecule has 0 saturated carbocycles. The topological polar surface area (TPSA) is 109 Å². The Hall–Kier alpha value is -2.83. The van der Waals surface area contributed by atoms with E-state index in [0.29, 0.717) is 35.6 Å². The van der Waals surface area contributed by atoms with Gasteiger partial charge in [-0.2, -0.15) is 5.10 Å². The van der Waals surface area contributed by atoms with Crippen molar-refractivity contribution in [1.82, 2.24) is 14.6 Å². The summed E-state index contributed by atoms with van der Waals surface area (Å²) in [6.07, 6.45) is 9.89. The first-order valence-corrected chi connectivity index (χ1v) is 7.48. The van der Waals surface area contributed by atoms with Crippen molar-refractivity contribution in [3.05, 3.63) is 47.6 Å². The van der Waals surface area contributed by atoms with Crippen molar-refractivity contribution in [2.75, 3.05) is 12.3 Å². The highest BCUT2D eigenvalue weighted by Gasteiger charge is 2.19. The minimum absolute atomic E-state index is 0.299. The molecule has 0 aliphatic carbocycles. The highest BCUT2D eigenvalue weighted by atomic mass is 16.5. The van der Waals surface area contributed by atoms with Gasteiger partial charge in [0.25, 0.3) is 0 Å². The Bertz CT molecular complexity index is 761. The van der Waals surface area contributed by atoms with E-state index in [4.69, 9.17) is 16.2 Å². The molecule has 7 heteroatoms. The van der Waals surface area contributed by atoms with Gasteiger partial charge in [0.05, 0.1) is 12.2 Å². The molecule has 0 radical (unpaired) electrons. The molecular formula is C16H21N5O2. The minimum atomic E-state index is -0.405. The van der Waals surface area contributed by atoms with Crippen LogP contribution in [0.2, 0.25) is 0 Å². The van der Waals surface area contributed by atoms with Crippen LogP contribution in [0.5, 0.6) is 0 Å². The first-order chi connectivity index (χ1) is 11.1. The Labute approximate surface area is 134 Å². The van der Waals surface area contributed by atoms with Crippen LogP contribution in [-0.2, 0) is 11.2 Å². The zero-order valence-electron chi connectivity index (χ0n) is 13.3. The second kappa shape index (κ2) is 7.44. The molecule has 0 fully saturated rings. The molecule has 23 heavy (non-hydrogen) atoms. The number of fused-ring (bicyclic) bond motifs is 1. The third-order valence-electron chi connectivity index (χ3n) is 3.27. The van der Waals surface area contributed by atoms with Crippen molar-refractivity contribution in [3.63, 3.8) is 0 Å². The third kappa shape index (κ3) is 3.68. The van der Waals surface area contributed by atoms with Crippen LogP contribution in [0.25, 0.3) is 5.52 Å². The lowest BCUT2D eigenvalue weighted by Gasteiger charge is -2.03. The van der Waals surface area contributed by atoms with Gasteiger partial charge in [-0.25, -0.2) is 14.3 Å². The minimum Gasteiger partial charge on any atom is -0.462 e. The van der Waals surface area contributed by atoms with Crippen LogP contribution in [0.4, 0.5) is 5.82 Å². The summed E-state index contributed by atoms with van der Waals surface area (Å²) in [5.74, 6) is -0.0890. The smallest absolute Gasteiger partial charge is 0.340 e. The number of allylic oxidation sites excluding steroid dienone is 3. The maximum Gasteiger partial charge on any atom is 0.340 e. The summed E-state index contributed by atoms with van der Waals surface area (Å²) < 4.78 is 6.65. The highest BCUT2D eigenvalue weighted by Crippen LogP contribution is 2.23. The molecule has 0 atom stereocenters. The quantitative estimate of drug-likeness (QED) is 0.622. The van der Waals surface area contributed by atoms with Gasteiger partial charge < -0.3 is 16.2 Å². The van der Waals surface area contributed by atoms with Crippen LogP contribution in [0.1, 0.15) is 36.2 Å². The molecule has 7 nitrogen and oxygen atoms in total. The molecule has 0 spiro atoms. The maximum absolute atomic E-state index is 12.2. The summed E-state index contributed by atoms with van der Waals surface area (Å²) in [5.41, 5.74) is 14.2. The molecule has 2 rings (SSSR count). The molecule has 0 amide bonds. The molecule has 2 aromatic rings. The molecule has 122 valence electrons. The predicted molar refractivity (Wildman–Crippen MR) is 88.8 cm³/mol. The number of hydrogen-bond acceptors (Lipinski definition) is 6. The molecule has 2 aromatic heterocycles. The lowest BCUT2D eigenvalue weighted by molar-refractivity contribution is 0.0525. The van der Waals surface area contributed by atoms with Crippen LogP contribution in [0, 0.1) is 0 Å². The maximum atomic E-state index is 12.2. The fraction of sp³-hybridized carbons (Fsp3) is 0.312. The molecule has 4 N–H and O–H groups in total. The molecule has 2 heterocycles. The zero-order chi connectivity index (χ0) is 16.8. The lowest BCUT2D eigenvalue weighted by atomic mass is 10.1. The van der Waals surface area contributed by atoms with E-state index in [2.05, 4.69) is 10.1 Å². The number of nitrogens with zero attached hydrogens (tertiary/aromatic N) is 3. The van der Waals surface area contributed by atoms with Gasteiger partial charge in [-0.05, 0) is 25.8 Å². The van der Waals surface area contributed by atoms with Crippen molar-refractivity contribution < 1.29 is 9.53 Å². The number of aromatic nitrogens is 3. The zero-order valence-corrected chi connectivity index (χ0v) is 13.3. The van der Waals surface area contributed by atoms with E-state index in [0.717, 1.165) is 12.0 Å². The van der Waals surface area contributed by atoms with Crippen LogP contribution < -0.4 is 11.5 Å². The number of esters is 1. The van der Waals surface area contributed by atoms with Crippen molar-refractivity contribution in [2.45, 2.75) is 26.7 Å². The first-order valence-electron chi connectivity index (χ1n) is 7.48. The van der Waals surface area contributed by atoms with Gasteiger partial charge in [0.15, 0.2) is 5.82 Å². The van der Waals surface area contributed by atoms with Gasteiger partial charge in [-0.1, -0.05) is 19.1 Å². The van der Waals surface area contributed by atoms with E-state index < -0.39 is 5.97 Å². The molecule has 0 bridgehead atoms. The Balaban J connectivity index is 2.44. The van der Waals surface area contributed by atoms with Crippen LogP contribution >= 0.6 is 0 Å². The van der Waals surface area contributed by atoms with Gasteiger partial charge in [0, 0.05) is 17.5 Å². The van der Waals surface area contributed by atoms with E-state index in [1.807, 2.05) is 25.2 Å².